The van der Waals surface area contributed by atoms with Gasteiger partial charge in [-0.1, -0.05) is 50.8 Å². The SMILES string of the molecule is C=C(CCN1CC=Cc2ccccc21)SCC(C)C. The van der Waals surface area contributed by atoms with Crippen LogP contribution < -0.4 is 4.90 Å². The van der Waals surface area contributed by atoms with Crippen molar-refractivity contribution in [1.82, 2.24) is 0 Å². The van der Waals surface area contributed by atoms with Gasteiger partial charge in [0.05, 0.1) is 0 Å². The molecule has 0 saturated carbocycles. The zero-order chi connectivity index (χ0) is 13.7. The van der Waals surface area contributed by atoms with E-state index in [0.717, 1.165) is 25.4 Å². The van der Waals surface area contributed by atoms with Gasteiger partial charge >= 0.3 is 0 Å². The van der Waals surface area contributed by atoms with Crippen molar-refractivity contribution in [2.75, 3.05) is 23.7 Å². The standard InChI is InChI=1S/C17H23NS/c1-14(2)13-19-15(3)10-12-18-11-6-8-16-7-4-5-9-17(16)18/h4-9,14H,3,10-13H2,1-2H3. The molecule has 0 fully saturated rings. The van der Waals surface area contributed by atoms with E-state index in [0.29, 0.717) is 0 Å². The molecule has 0 atom stereocenters. The van der Waals surface area contributed by atoms with E-state index < -0.39 is 0 Å². The highest BCUT2D eigenvalue weighted by molar-refractivity contribution is 8.03. The molecule has 2 heteroatoms. The van der Waals surface area contributed by atoms with Gasteiger partial charge in [-0.15, -0.1) is 11.8 Å². The van der Waals surface area contributed by atoms with E-state index in [1.54, 1.807) is 0 Å². The van der Waals surface area contributed by atoms with E-state index in [4.69, 9.17) is 0 Å². The number of nitrogens with zero attached hydrogens (tertiary/aromatic N) is 1. The molecule has 0 radical (unpaired) electrons. The molecule has 0 N–H and O–H groups in total. The minimum Gasteiger partial charge on any atom is -0.367 e. The molecule has 1 aliphatic rings. The summed E-state index contributed by atoms with van der Waals surface area (Å²) in [7, 11) is 0. The molecule has 0 spiro atoms. The third-order valence-corrected chi connectivity index (χ3v) is 4.63. The first kappa shape index (κ1) is 14.3. The number of thioether (sulfide) groups is 1. The molecule has 19 heavy (non-hydrogen) atoms. The normalized spacial score (nSPS) is 13.7. The van der Waals surface area contributed by atoms with Crippen molar-refractivity contribution in [2.45, 2.75) is 20.3 Å². The quantitative estimate of drug-likeness (QED) is 0.731. The Morgan fingerprint density at radius 3 is 2.95 bits per heavy atom. The van der Waals surface area contributed by atoms with Crippen LogP contribution in [0.1, 0.15) is 25.8 Å². The minimum absolute atomic E-state index is 0.736. The van der Waals surface area contributed by atoms with E-state index in [1.807, 2.05) is 11.8 Å². The molecular formula is C17H23NS. The van der Waals surface area contributed by atoms with Crippen LogP contribution in [0.25, 0.3) is 6.08 Å². The van der Waals surface area contributed by atoms with Crippen LogP contribution in [0.15, 0.2) is 41.8 Å². The first-order chi connectivity index (χ1) is 9.16. The maximum atomic E-state index is 4.19. The molecule has 0 amide bonds. The van der Waals surface area contributed by atoms with Gasteiger partial charge in [-0.05, 0) is 34.6 Å². The fourth-order valence-corrected chi connectivity index (χ4v) is 2.95. The lowest BCUT2D eigenvalue weighted by molar-refractivity contribution is 0.750. The summed E-state index contributed by atoms with van der Waals surface area (Å²) < 4.78 is 0. The molecular weight excluding hydrogens is 250 g/mol. The highest BCUT2D eigenvalue weighted by Crippen LogP contribution is 2.27. The summed E-state index contributed by atoms with van der Waals surface area (Å²) in [6.07, 6.45) is 5.53. The zero-order valence-electron chi connectivity index (χ0n) is 11.9. The molecule has 1 heterocycles. The van der Waals surface area contributed by atoms with Gasteiger partial charge < -0.3 is 4.90 Å². The minimum atomic E-state index is 0.736. The van der Waals surface area contributed by atoms with Gasteiger partial charge in [-0.3, -0.25) is 0 Å². The van der Waals surface area contributed by atoms with Crippen molar-refractivity contribution in [3.05, 3.63) is 47.4 Å². The predicted octanol–water partition coefficient (Wildman–Crippen LogP) is 4.81. The summed E-state index contributed by atoms with van der Waals surface area (Å²) >= 11 is 1.92. The second-order valence-electron chi connectivity index (χ2n) is 5.40. The Hall–Kier alpha value is -1.15. The fraction of sp³-hybridized carbons (Fsp3) is 0.412. The van der Waals surface area contributed by atoms with E-state index in [1.165, 1.54) is 21.9 Å². The highest BCUT2D eigenvalue weighted by Gasteiger charge is 2.12. The van der Waals surface area contributed by atoms with Gasteiger partial charge in [0.2, 0.25) is 0 Å². The van der Waals surface area contributed by atoms with Crippen molar-refractivity contribution in [1.29, 1.82) is 0 Å². The first-order valence-corrected chi connectivity index (χ1v) is 7.96. The fourth-order valence-electron chi connectivity index (χ4n) is 2.15. The molecule has 1 aromatic rings. The van der Waals surface area contributed by atoms with Crippen LogP contribution in [0.5, 0.6) is 0 Å². The van der Waals surface area contributed by atoms with Crippen molar-refractivity contribution in [3.8, 4) is 0 Å². The largest absolute Gasteiger partial charge is 0.367 e. The second-order valence-corrected chi connectivity index (χ2v) is 6.60. The van der Waals surface area contributed by atoms with E-state index >= 15 is 0 Å². The molecule has 2 rings (SSSR count). The van der Waals surface area contributed by atoms with Gasteiger partial charge in [-0.2, -0.15) is 0 Å². The summed E-state index contributed by atoms with van der Waals surface area (Å²) in [4.78, 5) is 3.75. The second kappa shape index (κ2) is 6.85. The number of anilines is 1. The van der Waals surface area contributed by atoms with Crippen LogP contribution in [0.4, 0.5) is 5.69 Å². The Morgan fingerprint density at radius 1 is 1.37 bits per heavy atom. The van der Waals surface area contributed by atoms with Crippen LogP contribution in [0, 0.1) is 5.92 Å². The van der Waals surface area contributed by atoms with Gasteiger partial charge in [-0.25, -0.2) is 0 Å². The van der Waals surface area contributed by atoms with Crippen LogP contribution in [0.3, 0.4) is 0 Å². The molecule has 0 unspecified atom stereocenters. The molecule has 1 nitrogen and oxygen atoms in total. The molecule has 102 valence electrons. The Kier molecular flexibility index (Phi) is 5.15. The van der Waals surface area contributed by atoms with E-state index in [-0.39, 0.29) is 0 Å². The maximum Gasteiger partial charge on any atom is 0.0442 e. The summed E-state index contributed by atoms with van der Waals surface area (Å²) in [6.45, 7) is 10.8. The van der Waals surface area contributed by atoms with Crippen molar-refractivity contribution < 1.29 is 0 Å². The number of hydrogen-bond donors (Lipinski definition) is 0. The molecule has 0 aliphatic carbocycles. The number of benzene rings is 1. The average Bonchev–Trinajstić information content (AvgIpc) is 2.42. The maximum absolute atomic E-state index is 4.19. The third kappa shape index (κ3) is 4.17. The van der Waals surface area contributed by atoms with Crippen molar-refractivity contribution in [2.24, 2.45) is 5.92 Å². The summed E-state index contributed by atoms with van der Waals surface area (Å²) in [5, 5.41) is 0. The smallest absolute Gasteiger partial charge is 0.0442 e. The van der Waals surface area contributed by atoms with E-state index in [9.17, 15) is 0 Å². The summed E-state index contributed by atoms with van der Waals surface area (Å²) in [5.74, 6) is 1.91. The Labute approximate surface area is 121 Å². The first-order valence-electron chi connectivity index (χ1n) is 6.98. The Morgan fingerprint density at radius 2 is 2.16 bits per heavy atom. The zero-order valence-corrected chi connectivity index (χ0v) is 12.7. The molecule has 0 bridgehead atoms. The molecule has 1 aliphatic heterocycles. The number of rotatable bonds is 6. The van der Waals surface area contributed by atoms with Crippen LogP contribution in [-0.2, 0) is 0 Å². The molecule has 0 aromatic heterocycles. The lowest BCUT2D eigenvalue weighted by Crippen LogP contribution is -2.27. The van der Waals surface area contributed by atoms with Gasteiger partial charge in [0, 0.05) is 18.8 Å². The van der Waals surface area contributed by atoms with Crippen LogP contribution in [-0.4, -0.2) is 18.8 Å². The molecule has 1 aromatic carbocycles. The Balaban J connectivity index is 1.87. The lowest BCUT2D eigenvalue weighted by Gasteiger charge is -2.28. The van der Waals surface area contributed by atoms with Crippen molar-refractivity contribution >= 4 is 23.5 Å². The third-order valence-electron chi connectivity index (χ3n) is 3.18. The number of fused-ring (bicyclic) bond motifs is 1. The Bertz CT molecular complexity index is 462. The highest BCUT2D eigenvalue weighted by atomic mass is 32.2. The summed E-state index contributed by atoms with van der Waals surface area (Å²) in [6, 6.07) is 8.61. The van der Waals surface area contributed by atoms with Crippen molar-refractivity contribution in [3.63, 3.8) is 0 Å². The average molecular weight is 273 g/mol. The van der Waals surface area contributed by atoms with Crippen LogP contribution in [0.2, 0.25) is 0 Å². The van der Waals surface area contributed by atoms with Crippen LogP contribution >= 0.6 is 11.8 Å². The van der Waals surface area contributed by atoms with Gasteiger partial charge in [0.25, 0.3) is 0 Å². The van der Waals surface area contributed by atoms with Gasteiger partial charge in [0.15, 0.2) is 0 Å². The lowest BCUT2D eigenvalue weighted by atomic mass is 10.1. The van der Waals surface area contributed by atoms with Gasteiger partial charge in [0.1, 0.15) is 0 Å². The summed E-state index contributed by atoms with van der Waals surface area (Å²) in [5.41, 5.74) is 2.68. The number of hydrogen-bond acceptors (Lipinski definition) is 2. The topological polar surface area (TPSA) is 3.24 Å². The predicted molar refractivity (Wildman–Crippen MR) is 88.7 cm³/mol. The molecule has 0 saturated heterocycles. The monoisotopic (exact) mass is 273 g/mol. The van der Waals surface area contributed by atoms with E-state index in [2.05, 4.69) is 61.7 Å². The number of para-hydroxylation sites is 1.